The maximum Gasteiger partial charge on any atom is 0.306 e. The molecule has 3 atom stereocenters. The molecule has 442 valence electrons. The predicted molar refractivity (Wildman–Crippen MR) is 330 cm³/mol. The van der Waals surface area contributed by atoms with E-state index in [0.717, 1.165) is 141 Å². The number of amides is 1. The van der Waals surface area contributed by atoms with Gasteiger partial charge in [0.05, 0.1) is 33.8 Å². The summed E-state index contributed by atoms with van der Waals surface area (Å²) in [5.41, 5.74) is 0. The molecule has 0 radical (unpaired) electrons. The number of allylic oxidation sites excluding steroid dienone is 17. The second-order valence-electron chi connectivity index (χ2n) is 21.8. The quantitative estimate of drug-likeness (QED) is 0.0212. The number of phosphoric acid groups is 1. The van der Waals surface area contributed by atoms with Crippen molar-refractivity contribution in [2.45, 2.75) is 264 Å². The first kappa shape index (κ1) is 73.7. The summed E-state index contributed by atoms with van der Waals surface area (Å²) >= 11 is 0. The normalized spacial score (nSPS) is 14.4. The molecule has 0 aliphatic rings. The number of nitrogens with zero attached hydrogens (tertiary/aromatic N) is 1. The first-order valence-corrected chi connectivity index (χ1v) is 32.7. The first-order valence-electron chi connectivity index (χ1n) is 31.2. The molecule has 3 unspecified atom stereocenters. The lowest BCUT2D eigenvalue weighted by atomic mass is 10.0. The molecule has 0 aromatic carbocycles. The van der Waals surface area contributed by atoms with Crippen molar-refractivity contribution in [3.8, 4) is 0 Å². The number of hydrogen-bond acceptors (Lipinski definition) is 7. The Balaban J connectivity index is 5.26. The Morgan fingerprint density at radius 3 is 1.25 bits per heavy atom. The number of esters is 1. The highest BCUT2D eigenvalue weighted by Gasteiger charge is 2.27. The van der Waals surface area contributed by atoms with E-state index in [2.05, 4.69) is 123 Å². The van der Waals surface area contributed by atoms with Gasteiger partial charge >= 0.3 is 5.97 Å². The number of ether oxygens (including phenoxy) is 1. The Labute approximate surface area is 474 Å². The number of rotatable bonds is 55. The minimum atomic E-state index is -4.71. The van der Waals surface area contributed by atoms with Gasteiger partial charge in [-0.1, -0.05) is 240 Å². The van der Waals surface area contributed by atoms with Gasteiger partial charge in [0.25, 0.3) is 7.82 Å². The highest BCUT2D eigenvalue weighted by Crippen LogP contribution is 2.38. The van der Waals surface area contributed by atoms with Gasteiger partial charge in [0, 0.05) is 12.8 Å². The second kappa shape index (κ2) is 56.0. The number of phosphoric ester groups is 1. The van der Waals surface area contributed by atoms with Crippen LogP contribution in [0.1, 0.15) is 252 Å². The Hall–Kier alpha value is -3.33. The third-order valence-electron chi connectivity index (χ3n) is 13.2. The summed E-state index contributed by atoms with van der Waals surface area (Å²) in [5.74, 6) is -0.574. The predicted octanol–water partition coefficient (Wildman–Crippen LogP) is 18.7. The summed E-state index contributed by atoms with van der Waals surface area (Å²) in [6, 6.07) is -0.907. The molecule has 0 heterocycles. The lowest BCUT2D eigenvalue weighted by molar-refractivity contribution is -0.870. The third kappa shape index (κ3) is 57.2. The van der Waals surface area contributed by atoms with Crippen LogP contribution in [0.2, 0.25) is 0 Å². The highest BCUT2D eigenvalue weighted by atomic mass is 31.2. The van der Waals surface area contributed by atoms with Crippen molar-refractivity contribution < 1.29 is 37.3 Å². The molecule has 0 saturated heterocycles. The zero-order valence-corrected chi connectivity index (χ0v) is 51.3. The van der Waals surface area contributed by atoms with Gasteiger partial charge < -0.3 is 28.5 Å². The summed E-state index contributed by atoms with van der Waals surface area (Å²) in [4.78, 5) is 40.0. The van der Waals surface area contributed by atoms with E-state index >= 15 is 0 Å². The van der Waals surface area contributed by atoms with Crippen LogP contribution in [0.3, 0.4) is 0 Å². The van der Waals surface area contributed by atoms with Crippen molar-refractivity contribution >= 4 is 19.7 Å². The Bertz CT molecular complexity index is 1690. The van der Waals surface area contributed by atoms with Crippen LogP contribution in [-0.4, -0.2) is 69.4 Å². The van der Waals surface area contributed by atoms with E-state index in [0.29, 0.717) is 23.9 Å². The van der Waals surface area contributed by atoms with E-state index in [4.69, 9.17) is 13.8 Å². The van der Waals surface area contributed by atoms with Crippen LogP contribution < -0.4 is 10.2 Å². The van der Waals surface area contributed by atoms with E-state index in [1.165, 1.54) is 70.6 Å². The monoisotopic (exact) mass is 1090 g/mol. The number of unbranched alkanes of at least 4 members (excludes halogenated alkanes) is 23. The van der Waals surface area contributed by atoms with Crippen molar-refractivity contribution in [3.05, 3.63) is 109 Å². The SMILES string of the molecule is CC/C=C\C/C=C\C/C=C\C/C=C\C/C=C\CCCCCCCCCC(=O)OC(/C=C\CCCCCCCCCCCC)C(COP(=O)([O-])OCC[N+](C)(C)C)NC(=O)CCCCCCCC/C=C/C/C=C/C/C=C/CC. The maximum atomic E-state index is 13.5. The zero-order valence-electron chi connectivity index (χ0n) is 50.4. The van der Waals surface area contributed by atoms with Crippen LogP contribution in [0, 0.1) is 0 Å². The molecule has 9 nitrogen and oxygen atoms in total. The lowest BCUT2D eigenvalue weighted by Crippen LogP contribution is -2.47. The van der Waals surface area contributed by atoms with Gasteiger partial charge in [0.2, 0.25) is 5.91 Å². The van der Waals surface area contributed by atoms with Gasteiger partial charge in [-0.05, 0) is 109 Å². The van der Waals surface area contributed by atoms with E-state index in [-0.39, 0.29) is 24.9 Å². The van der Waals surface area contributed by atoms with Crippen LogP contribution in [-0.2, 0) is 27.9 Å². The molecule has 0 aliphatic heterocycles. The number of carbonyl (C=O) groups is 2. The molecule has 0 aromatic heterocycles. The van der Waals surface area contributed by atoms with Crippen molar-refractivity contribution in [3.63, 3.8) is 0 Å². The van der Waals surface area contributed by atoms with Gasteiger partial charge in [-0.3, -0.25) is 14.2 Å². The summed E-state index contributed by atoms with van der Waals surface area (Å²) in [6.07, 6.45) is 76.2. The molecular formula is C67H117N2O7P. The molecule has 10 heteroatoms. The largest absolute Gasteiger partial charge is 0.756 e. The van der Waals surface area contributed by atoms with Crippen LogP contribution >= 0.6 is 7.82 Å². The first-order chi connectivity index (χ1) is 37.4. The minimum Gasteiger partial charge on any atom is -0.756 e. The number of likely N-dealkylation sites (N-methyl/N-ethyl adjacent to an activating group) is 1. The standard InChI is InChI=1S/C67H117N2O7P/c1-7-10-13-16-19-22-25-28-30-32-33-34-35-36-37-38-40-42-45-48-51-54-57-60-67(71)76-65(58-55-52-49-46-43-27-24-21-18-15-12-9-3)64(63-75-77(72,73)74-62-61-69(4,5)6)68-66(70)59-56-53-50-47-44-41-39-31-29-26-23-20-17-14-11-8-2/h10-11,13-14,19-20,22-23,28-31,33-34,36-37,55,58,64-65H,7-9,12,15-18,21,24-27,32,35,38-54,56-57,59-63H2,1-6H3,(H-,68,70,72,73)/b13-10-,14-11+,22-19-,23-20+,30-28-,31-29+,34-33-,37-36-,58-55-. The van der Waals surface area contributed by atoms with Crippen molar-refractivity contribution in [2.75, 3.05) is 40.9 Å². The lowest BCUT2D eigenvalue weighted by Gasteiger charge is -2.30. The second-order valence-corrected chi connectivity index (χ2v) is 23.2. The van der Waals surface area contributed by atoms with Gasteiger partial charge in [0.15, 0.2) is 0 Å². The van der Waals surface area contributed by atoms with E-state index in [1.54, 1.807) is 0 Å². The molecule has 1 N–H and O–H groups in total. The summed E-state index contributed by atoms with van der Waals surface area (Å²) in [5, 5.41) is 3.02. The molecule has 77 heavy (non-hydrogen) atoms. The van der Waals surface area contributed by atoms with Crippen molar-refractivity contribution in [1.29, 1.82) is 0 Å². The number of hydrogen-bond donors (Lipinski definition) is 1. The summed E-state index contributed by atoms with van der Waals surface area (Å²) in [7, 11) is 1.15. The zero-order chi connectivity index (χ0) is 56.4. The average molecular weight is 1090 g/mol. The smallest absolute Gasteiger partial charge is 0.306 e. The molecule has 0 bridgehead atoms. The van der Waals surface area contributed by atoms with Crippen LogP contribution in [0.15, 0.2) is 109 Å². The molecule has 0 saturated carbocycles. The molecule has 0 aromatic rings. The van der Waals surface area contributed by atoms with E-state index < -0.39 is 26.6 Å². The highest BCUT2D eigenvalue weighted by molar-refractivity contribution is 7.45. The number of carbonyl (C=O) groups excluding carboxylic acids is 2. The van der Waals surface area contributed by atoms with Crippen LogP contribution in [0.25, 0.3) is 0 Å². The third-order valence-corrected chi connectivity index (χ3v) is 14.2. The Morgan fingerprint density at radius 2 is 0.831 bits per heavy atom. The Morgan fingerprint density at radius 1 is 0.468 bits per heavy atom. The molecule has 0 aliphatic carbocycles. The molecule has 0 fully saturated rings. The average Bonchev–Trinajstić information content (AvgIpc) is 3.39. The Kier molecular flexibility index (Phi) is 53.5. The summed E-state index contributed by atoms with van der Waals surface area (Å²) in [6.45, 7) is 6.59. The molecule has 1 amide bonds. The number of nitrogens with one attached hydrogen (secondary N) is 1. The van der Waals surface area contributed by atoms with E-state index in [1.807, 2.05) is 33.3 Å². The number of quaternary nitrogens is 1. The topological polar surface area (TPSA) is 114 Å². The molecular weight excluding hydrogens is 976 g/mol. The molecule has 0 rings (SSSR count). The van der Waals surface area contributed by atoms with Crippen molar-refractivity contribution in [1.82, 2.24) is 5.32 Å². The fourth-order valence-electron chi connectivity index (χ4n) is 8.44. The van der Waals surface area contributed by atoms with Crippen molar-refractivity contribution in [2.24, 2.45) is 0 Å². The van der Waals surface area contributed by atoms with E-state index in [9.17, 15) is 19.0 Å². The van der Waals surface area contributed by atoms with Gasteiger partial charge in [0.1, 0.15) is 19.3 Å². The summed E-state index contributed by atoms with van der Waals surface area (Å²) < 4.78 is 30.3. The van der Waals surface area contributed by atoms with Crippen LogP contribution in [0.4, 0.5) is 0 Å². The fourth-order valence-corrected chi connectivity index (χ4v) is 9.17. The fraction of sp³-hybridized carbons (Fsp3) is 0.701. The maximum absolute atomic E-state index is 13.5. The molecule has 0 spiro atoms. The van der Waals surface area contributed by atoms with Crippen LogP contribution in [0.5, 0.6) is 0 Å². The van der Waals surface area contributed by atoms with Gasteiger partial charge in [-0.2, -0.15) is 0 Å². The van der Waals surface area contributed by atoms with Gasteiger partial charge in [-0.15, -0.1) is 0 Å². The minimum absolute atomic E-state index is 0.0324. The van der Waals surface area contributed by atoms with Gasteiger partial charge in [-0.25, -0.2) is 0 Å².